The number of carboxylic acids is 1. The normalized spacial score (nSPS) is 22.7. The van der Waals surface area contributed by atoms with Gasteiger partial charge in [0.15, 0.2) is 0 Å². The van der Waals surface area contributed by atoms with Gasteiger partial charge in [-0.15, -0.1) is 0 Å². The molecule has 1 saturated heterocycles. The number of imide groups is 1. The number of benzene rings is 1. The van der Waals surface area contributed by atoms with Crippen molar-refractivity contribution >= 4 is 23.7 Å². The van der Waals surface area contributed by atoms with Crippen molar-refractivity contribution in [2.45, 2.75) is 50.2 Å². The number of rotatable bonds is 6. The number of hydrogen-bond donors (Lipinski definition) is 2. The Morgan fingerprint density at radius 1 is 1.18 bits per heavy atom. The highest BCUT2D eigenvalue weighted by Crippen LogP contribution is 2.35. The highest BCUT2D eigenvalue weighted by atomic mass is 16.5. The fraction of sp³-hybridized carbons (Fsp3) is 0.500. The van der Waals surface area contributed by atoms with Crippen LogP contribution in [0.25, 0.3) is 0 Å². The Labute approximate surface area is 161 Å². The van der Waals surface area contributed by atoms with Crippen LogP contribution >= 0.6 is 0 Å². The van der Waals surface area contributed by atoms with E-state index in [-0.39, 0.29) is 41.7 Å². The molecule has 148 valence electrons. The summed E-state index contributed by atoms with van der Waals surface area (Å²) in [5.74, 6) is -2.18. The van der Waals surface area contributed by atoms with Crippen LogP contribution in [0.4, 0.5) is 0 Å². The quantitative estimate of drug-likeness (QED) is 0.718. The Kier molecular flexibility index (Phi) is 4.66. The minimum absolute atomic E-state index is 0.129. The van der Waals surface area contributed by atoms with Crippen molar-refractivity contribution in [2.75, 3.05) is 13.2 Å². The molecule has 3 amide bonds. The number of hydrogen-bond acceptors (Lipinski definition) is 5. The van der Waals surface area contributed by atoms with Crippen LogP contribution in [0.5, 0.6) is 0 Å². The molecular formula is C20H22N2O6. The predicted octanol–water partition coefficient (Wildman–Crippen LogP) is 1.59. The summed E-state index contributed by atoms with van der Waals surface area (Å²) in [6.07, 6.45) is 3.55. The Bertz CT molecular complexity index is 854. The second-order valence-corrected chi connectivity index (χ2v) is 7.77. The lowest BCUT2D eigenvalue weighted by Crippen LogP contribution is -2.54. The number of ether oxygens (including phenoxy) is 1. The average molecular weight is 386 g/mol. The van der Waals surface area contributed by atoms with Gasteiger partial charge in [0.2, 0.25) is 0 Å². The Hall–Kier alpha value is -2.74. The van der Waals surface area contributed by atoms with Gasteiger partial charge in [-0.3, -0.25) is 24.1 Å². The van der Waals surface area contributed by atoms with Crippen LogP contribution in [0.3, 0.4) is 0 Å². The summed E-state index contributed by atoms with van der Waals surface area (Å²) in [5, 5.41) is 11.9. The van der Waals surface area contributed by atoms with E-state index in [1.54, 1.807) is 0 Å². The van der Waals surface area contributed by atoms with Crippen LogP contribution in [-0.2, 0) is 9.53 Å². The van der Waals surface area contributed by atoms with Crippen LogP contribution in [0.2, 0.25) is 0 Å². The van der Waals surface area contributed by atoms with Crippen LogP contribution in [-0.4, -0.2) is 58.5 Å². The Balaban J connectivity index is 1.51. The third kappa shape index (κ3) is 3.28. The van der Waals surface area contributed by atoms with Crippen molar-refractivity contribution in [3.8, 4) is 0 Å². The minimum Gasteiger partial charge on any atom is -0.481 e. The number of aliphatic carboxylic acids is 1. The van der Waals surface area contributed by atoms with E-state index in [1.165, 1.54) is 23.1 Å². The molecule has 4 rings (SSSR count). The molecular weight excluding hydrogens is 364 g/mol. The molecule has 8 nitrogen and oxygen atoms in total. The molecule has 0 radical (unpaired) electrons. The van der Waals surface area contributed by atoms with Crippen LogP contribution in [0, 0.1) is 0 Å². The molecule has 2 heterocycles. The van der Waals surface area contributed by atoms with E-state index in [2.05, 4.69) is 5.32 Å². The number of carbonyl (C=O) groups is 4. The first-order chi connectivity index (χ1) is 13.4. The predicted molar refractivity (Wildman–Crippen MR) is 97.1 cm³/mol. The van der Waals surface area contributed by atoms with Crippen molar-refractivity contribution in [3.05, 3.63) is 34.9 Å². The third-order valence-corrected chi connectivity index (χ3v) is 5.82. The Morgan fingerprint density at radius 3 is 2.54 bits per heavy atom. The topological polar surface area (TPSA) is 113 Å². The van der Waals surface area contributed by atoms with E-state index in [1.807, 2.05) is 0 Å². The van der Waals surface area contributed by atoms with Gasteiger partial charge in [0.05, 0.1) is 35.7 Å². The summed E-state index contributed by atoms with van der Waals surface area (Å²) in [7, 11) is 0. The minimum atomic E-state index is -0.959. The maximum Gasteiger partial charge on any atom is 0.305 e. The van der Waals surface area contributed by atoms with E-state index in [0.717, 1.165) is 19.3 Å². The Morgan fingerprint density at radius 2 is 1.93 bits per heavy atom. The summed E-state index contributed by atoms with van der Waals surface area (Å²) in [5.41, 5.74) is 0.00339. The van der Waals surface area contributed by atoms with E-state index >= 15 is 0 Å². The van der Waals surface area contributed by atoms with Gasteiger partial charge in [0.1, 0.15) is 0 Å². The molecule has 0 aromatic heterocycles. The van der Waals surface area contributed by atoms with Crippen molar-refractivity contribution in [3.63, 3.8) is 0 Å². The molecule has 0 bridgehead atoms. The first-order valence-electron chi connectivity index (χ1n) is 9.55. The maximum atomic E-state index is 12.7. The molecule has 1 aromatic rings. The first kappa shape index (κ1) is 18.6. The largest absolute Gasteiger partial charge is 0.481 e. The number of amides is 3. The molecule has 28 heavy (non-hydrogen) atoms. The summed E-state index contributed by atoms with van der Waals surface area (Å²) < 4.78 is 5.52. The molecule has 8 heteroatoms. The summed E-state index contributed by atoms with van der Waals surface area (Å²) in [6.45, 7) is 0.853. The number of carboxylic acid groups (broad SMARTS) is 1. The zero-order valence-electron chi connectivity index (χ0n) is 15.4. The molecule has 1 aromatic carbocycles. The zero-order valence-corrected chi connectivity index (χ0v) is 15.4. The monoisotopic (exact) mass is 386 g/mol. The molecule has 1 aliphatic carbocycles. The van der Waals surface area contributed by atoms with E-state index in [0.29, 0.717) is 19.4 Å². The first-order valence-corrected chi connectivity index (χ1v) is 9.55. The molecule has 2 N–H and O–H groups in total. The van der Waals surface area contributed by atoms with Crippen molar-refractivity contribution < 1.29 is 29.0 Å². The van der Waals surface area contributed by atoms with Crippen molar-refractivity contribution in [1.82, 2.24) is 10.2 Å². The van der Waals surface area contributed by atoms with Gasteiger partial charge in [-0.2, -0.15) is 0 Å². The molecule has 2 fully saturated rings. The molecule has 3 aliphatic rings. The standard InChI is InChI=1S/C20H22N2O6/c23-16(24)10-20(6-2-7-20)21-17(25)12-4-5-14-15(9-12)19(27)22(18(14)26)11-13-3-1-8-28-13/h4-5,9,13H,1-3,6-8,10-11H2,(H,21,25)(H,23,24). The number of nitrogens with zero attached hydrogens (tertiary/aromatic N) is 1. The fourth-order valence-corrected chi connectivity index (χ4v) is 4.14. The van der Waals surface area contributed by atoms with Crippen LogP contribution in [0.1, 0.15) is 69.6 Å². The zero-order chi connectivity index (χ0) is 19.9. The molecule has 2 aliphatic heterocycles. The van der Waals surface area contributed by atoms with E-state index in [9.17, 15) is 19.2 Å². The summed E-state index contributed by atoms with van der Waals surface area (Å²) >= 11 is 0. The maximum absolute atomic E-state index is 12.7. The van der Waals surface area contributed by atoms with Gasteiger partial charge < -0.3 is 15.2 Å². The van der Waals surface area contributed by atoms with E-state index in [4.69, 9.17) is 9.84 Å². The fourth-order valence-electron chi connectivity index (χ4n) is 4.14. The number of carbonyl (C=O) groups excluding carboxylic acids is 3. The summed E-state index contributed by atoms with van der Waals surface area (Å²) in [4.78, 5) is 50.2. The average Bonchev–Trinajstić information content (AvgIpc) is 3.22. The van der Waals surface area contributed by atoms with Gasteiger partial charge in [0.25, 0.3) is 17.7 Å². The van der Waals surface area contributed by atoms with Gasteiger partial charge in [-0.1, -0.05) is 0 Å². The molecule has 0 spiro atoms. The summed E-state index contributed by atoms with van der Waals surface area (Å²) in [6, 6.07) is 4.42. The van der Waals surface area contributed by atoms with Gasteiger partial charge in [-0.25, -0.2) is 0 Å². The van der Waals surface area contributed by atoms with Gasteiger partial charge in [0, 0.05) is 12.2 Å². The highest BCUT2D eigenvalue weighted by molar-refractivity contribution is 6.22. The third-order valence-electron chi connectivity index (χ3n) is 5.82. The molecule has 1 saturated carbocycles. The number of nitrogens with one attached hydrogen (secondary N) is 1. The second kappa shape index (κ2) is 7.01. The molecule has 1 unspecified atom stereocenters. The van der Waals surface area contributed by atoms with E-state index < -0.39 is 23.3 Å². The lowest BCUT2D eigenvalue weighted by molar-refractivity contribution is -0.139. The van der Waals surface area contributed by atoms with Gasteiger partial charge in [-0.05, 0) is 50.3 Å². The van der Waals surface area contributed by atoms with Crippen molar-refractivity contribution in [1.29, 1.82) is 0 Å². The van der Waals surface area contributed by atoms with Crippen LogP contribution < -0.4 is 5.32 Å². The lowest BCUT2D eigenvalue weighted by Gasteiger charge is -2.41. The van der Waals surface area contributed by atoms with Crippen LogP contribution in [0.15, 0.2) is 18.2 Å². The highest BCUT2D eigenvalue weighted by Gasteiger charge is 2.41. The number of fused-ring (bicyclic) bond motifs is 1. The lowest BCUT2D eigenvalue weighted by atomic mass is 9.74. The van der Waals surface area contributed by atoms with Gasteiger partial charge >= 0.3 is 5.97 Å². The smallest absolute Gasteiger partial charge is 0.305 e. The molecule has 1 atom stereocenters. The SMILES string of the molecule is O=C(O)CC1(NC(=O)c2ccc3c(c2)C(=O)N(CC2CCCO2)C3=O)CCC1. The second-order valence-electron chi connectivity index (χ2n) is 7.77. The van der Waals surface area contributed by atoms with Crippen molar-refractivity contribution in [2.24, 2.45) is 0 Å².